The molecule has 0 aromatic carbocycles. The summed E-state index contributed by atoms with van der Waals surface area (Å²) in [4.78, 5) is 28.7. The molecule has 4 fully saturated rings. The fraction of sp³-hybridized carbons (Fsp3) is 0.905. The first-order valence-corrected chi connectivity index (χ1v) is 11.2. The molecule has 4 atom stereocenters. The Kier molecular flexibility index (Phi) is 7.39. The molecule has 0 saturated carbocycles. The van der Waals surface area contributed by atoms with Gasteiger partial charge in [-0.2, -0.15) is 0 Å². The SMILES string of the molecule is O=C(CCCCCCCC(=O)N(CC1CO1)CC1CO1)N(CC1CO1)CC1CO1. The van der Waals surface area contributed by atoms with Gasteiger partial charge in [0, 0.05) is 39.0 Å². The van der Waals surface area contributed by atoms with Crippen LogP contribution >= 0.6 is 0 Å². The maximum Gasteiger partial charge on any atom is 0.222 e. The van der Waals surface area contributed by atoms with Crippen LogP contribution in [0.4, 0.5) is 0 Å². The second-order valence-electron chi connectivity index (χ2n) is 8.69. The Morgan fingerprint density at radius 1 is 0.552 bits per heavy atom. The molecule has 0 bridgehead atoms. The molecular weight excluding hydrogens is 376 g/mol. The zero-order chi connectivity index (χ0) is 20.1. The predicted molar refractivity (Wildman–Crippen MR) is 104 cm³/mol. The topological polar surface area (TPSA) is 90.7 Å². The third-order valence-electron chi connectivity index (χ3n) is 5.79. The highest BCUT2D eigenvalue weighted by Crippen LogP contribution is 2.19. The summed E-state index contributed by atoms with van der Waals surface area (Å²) >= 11 is 0. The number of nitrogens with zero attached hydrogens (tertiary/aromatic N) is 2. The Morgan fingerprint density at radius 3 is 1.10 bits per heavy atom. The first-order valence-electron chi connectivity index (χ1n) is 11.2. The summed E-state index contributed by atoms with van der Waals surface area (Å²) in [7, 11) is 0. The van der Waals surface area contributed by atoms with E-state index in [1.165, 1.54) is 0 Å². The lowest BCUT2D eigenvalue weighted by atomic mass is 10.1. The molecule has 0 radical (unpaired) electrons. The zero-order valence-corrected chi connectivity index (χ0v) is 17.3. The number of rotatable bonds is 16. The molecule has 0 N–H and O–H groups in total. The van der Waals surface area contributed by atoms with Crippen molar-refractivity contribution in [2.45, 2.75) is 69.4 Å². The summed E-state index contributed by atoms with van der Waals surface area (Å²) in [5.74, 6) is 0.429. The monoisotopic (exact) mass is 410 g/mol. The Bertz CT molecular complexity index is 481. The minimum atomic E-state index is 0.214. The van der Waals surface area contributed by atoms with Crippen LogP contribution in [0.1, 0.15) is 44.9 Å². The molecule has 0 aromatic rings. The van der Waals surface area contributed by atoms with Crippen molar-refractivity contribution in [3.05, 3.63) is 0 Å². The maximum atomic E-state index is 12.5. The average Bonchev–Trinajstić information content (AvgIpc) is 3.55. The number of ether oxygens (including phenoxy) is 4. The zero-order valence-electron chi connectivity index (χ0n) is 17.3. The Labute approximate surface area is 172 Å². The highest BCUT2D eigenvalue weighted by atomic mass is 16.6. The predicted octanol–water partition coefficient (Wildman–Crippen LogP) is 0.970. The number of epoxide rings is 4. The first kappa shape index (κ1) is 21.0. The van der Waals surface area contributed by atoms with Gasteiger partial charge in [-0.3, -0.25) is 9.59 Å². The van der Waals surface area contributed by atoms with Crippen LogP contribution in [0.15, 0.2) is 0 Å². The highest BCUT2D eigenvalue weighted by Gasteiger charge is 2.33. The van der Waals surface area contributed by atoms with Gasteiger partial charge in [-0.15, -0.1) is 0 Å². The van der Waals surface area contributed by atoms with Crippen molar-refractivity contribution < 1.29 is 28.5 Å². The number of amides is 2. The second-order valence-corrected chi connectivity index (χ2v) is 8.69. The molecule has 2 amide bonds. The van der Waals surface area contributed by atoms with Crippen molar-refractivity contribution in [1.29, 1.82) is 0 Å². The summed E-state index contributed by atoms with van der Waals surface area (Å²) < 4.78 is 21.1. The van der Waals surface area contributed by atoms with E-state index in [0.717, 1.165) is 58.5 Å². The molecule has 0 aromatic heterocycles. The van der Waals surface area contributed by atoms with Gasteiger partial charge in [-0.1, -0.05) is 19.3 Å². The molecule has 8 heteroatoms. The van der Waals surface area contributed by atoms with Gasteiger partial charge in [0.15, 0.2) is 0 Å². The van der Waals surface area contributed by atoms with Crippen molar-refractivity contribution in [3.8, 4) is 0 Å². The third kappa shape index (κ3) is 8.20. The van der Waals surface area contributed by atoms with Gasteiger partial charge < -0.3 is 28.7 Å². The van der Waals surface area contributed by atoms with Crippen molar-refractivity contribution >= 4 is 11.8 Å². The Hall–Kier alpha value is -1.22. The lowest BCUT2D eigenvalue weighted by Crippen LogP contribution is -2.37. The van der Waals surface area contributed by atoms with Crippen LogP contribution in [0.5, 0.6) is 0 Å². The van der Waals surface area contributed by atoms with Gasteiger partial charge in [0.1, 0.15) is 0 Å². The highest BCUT2D eigenvalue weighted by molar-refractivity contribution is 5.76. The van der Waals surface area contributed by atoms with E-state index in [9.17, 15) is 9.59 Å². The minimum Gasteiger partial charge on any atom is -0.371 e. The number of hydrogen-bond acceptors (Lipinski definition) is 6. The average molecular weight is 411 g/mol. The van der Waals surface area contributed by atoms with Crippen LogP contribution in [0.3, 0.4) is 0 Å². The van der Waals surface area contributed by atoms with Crippen molar-refractivity contribution in [1.82, 2.24) is 9.80 Å². The summed E-state index contributed by atoms with van der Waals surface area (Å²) in [5, 5.41) is 0. The summed E-state index contributed by atoms with van der Waals surface area (Å²) in [6.45, 7) is 5.90. The van der Waals surface area contributed by atoms with Crippen molar-refractivity contribution in [3.63, 3.8) is 0 Å². The number of carbonyl (C=O) groups is 2. The van der Waals surface area contributed by atoms with Crippen LogP contribution in [-0.2, 0) is 28.5 Å². The fourth-order valence-electron chi connectivity index (χ4n) is 3.63. The molecule has 164 valence electrons. The van der Waals surface area contributed by atoms with E-state index in [1.807, 2.05) is 9.80 Å². The van der Waals surface area contributed by atoms with Crippen molar-refractivity contribution in [2.75, 3.05) is 52.6 Å². The van der Waals surface area contributed by atoms with Crippen LogP contribution in [0, 0.1) is 0 Å². The van der Waals surface area contributed by atoms with Gasteiger partial charge >= 0.3 is 0 Å². The molecule has 0 aliphatic carbocycles. The third-order valence-corrected chi connectivity index (χ3v) is 5.79. The molecule has 4 unspecified atom stereocenters. The Morgan fingerprint density at radius 2 is 0.828 bits per heavy atom. The fourth-order valence-corrected chi connectivity index (χ4v) is 3.63. The molecule has 4 aliphatic heterocycles. The molecule has 8 nitrogen and oxygen atoms in total. The van der Waals surface area contributed by atoms with Gasteiger partial charge in [-0.05, 0) is 12.8 Å². The largest absolute Gasteiger partial charge is 0.371 e. The molecule has 0 spiro atoms. The van der Waals surface area contributed by atoms with Gasteiger partial charge in [0.05, 0.1) is 50.8 Å². The number of carbonyl (C=O) groups excluding carboxylic acids is 2. The van der Waals surface area contributed by atoms with Gasteiger partial charge in [0.25, 0.3) is 0 Å². The lowest BCUT2D eigenvalue weighted by molar-refractivity contribution is -0.132. The Balaban J connectivity index is 1.03. The van der Waals surface area contributed by atoms with E-state index in [2.05, 4.69) is 0 Å². The van der Waals surface area contributed by atoms with Gasteiger partial charge in [-0.25, -0.2) is 0 Å². The van der Waals surface area contributed by atoms with Crippen LogP contribution < -0.4 is 0 Å². The molecule has 4 heterocycles. The number of unbranched alkanes of at least 4 members (excludes halogenated alkanes) is 4. The first-order chi connectivity index (χ1) is 14.2. The maximum absolute atomic E-state index is 12.5. The summed E-state index contributed by atoms with van der Waals surface area (Å²) in [5.41, 5.74) is 0. The standard InChI is InChI=1S/C21H34N2O6/c24-20(22(8-16-12-26-16)9-17-13-27-17)6-4-2-1-3-5-7-21(25)23(10-18-14-28-18)11-19-15-29-19/h16-19H,1-15H2. The van der Waals surface area contributed by atoms with Crippen molar-refractivity contribution in [2.24, 2.45) is 0 Å². The molecule has 29 heavy (non-hydrogen) atoms. The molecular formula is C21H34N2O6. The van der Waals surface area contributed by atoms with Crippen LogP contribution in [0.2, 0.25) is 0 Å². The van der Waals surface area contributed by atoms with Crippen LogP contribution in [0.25, 0.3) is 0 Å². The van der Waals surface area contributed by atoms with E-state index in [1.54, 1.807) is 0 Å². The van der Waals surface area contributed by atoms with E-state index < -0.39 is 0 Å². The molecule has 4 saturated heterocycles. The minimum absolute atomic E-state index is 0.214. The normalized spacial score (nSPS) is 28.7. The molecule has 4 aliphatic rings. The quantitative estimate of drug-likeness (QED) is 0.278. The van der Waals surface area contributed by atoms with Crippen LogP contribution in [-0.4, -0.2) is 98.6 Å². The van der Waals surface area contributed by atoms with E-state index >= 15 is 0 Å². The van der Waals surface area contributed by atoms with E-state index in [0.29, 0.717) is 39.0 Å². The van der Waals surface area contributed by atoms with E-state index in [-0.39, 0.29) is 36.2 Å². The van der Waals surface area contributed by atoms with E-state index in [4.69, 9.17) is 18.9 Å². The second kappa shape index (κ2) is 10.2. The number of hydrogen-bond donors (Lipinski definition) is 0. The summed E-state index contributed by atoms with van der Waals surface area (Å²) in [6, 6.07) is 0. The lowest BCUT2D eigenvalue weighted by Gasteiger charge is -2.21. The summed E-state index contributed by atoms with van der Waals surface area (Å²) in [6.07, 6.45) is 7.04. The molecule has 4 rings (SSSR count). The van der Waals surface area contributed by atoms with Gasteiger partial charge in [0.2, 0.25) is 11.8 Å². The smallest absolute Gasteiger partial charge is 0.222 e.